The Kier molecular flexibility index (Phi) is 3.83. The van der Waals surface area contributed by atoms with Crippen LogP contribution in [0.1, 0.15) is 42.1 Å². The molecule has 0 amide bonds. The molecular weight excluding hydrogens is 228 g/mol. The number of rotatable bonds is 5. The van der Waals surface area contributed by atoms with Gasteiger partial charge in [-0.3, -0.25) is 4.79 Å². The summed E-state index contributed by atoms with van der Waals surface area (Å²) < 4.78 is 5.07. The number of Topliss-reactive ketones (excluding diaryl/α,β-unsaturated/α-hetero) is 1. The van der Waals surface area contributed by atoms with E-state index in [-0.39, 0.29) is 12.4 Å². The number of carbonyl (C=O) groups is 1. The van der Waals surface area contributed by atoms with Crippen molar-refractivity contribution in [3.63, 3.8) is 0 Å². The summed E-state index contributed by atoms with van der Waals surface area (Å²) in [5.74, 6) is 0.500. The van der Waals surface area contributed by atoms with Gasteiger partial charge in [-0.05, 0) is 17.9 Å². The molecule has 18 heavy (non-hydrogen) atoms. The number of benzene rings is 1. The summed E-state index contributed by atoms with van der Waals surface area (Å²) in [5.41, 5.74) is 1.22. The highest BCUT2D eigenvalue weighted by atomic mass is 16.5. The van der Waals surface area contributed by atoms with Crippen LogP contribution in [0.5, 0.6) is 0 Å². The fourth-order valence-electron chi connectivity index (χ4n) is 2.15. The molecule has 3 heteroatoms. The fraction of sp³-hybridized carbons (Fsp3) is 0.533. The summed E-state index contributed by atoms with van der Waals surface area (Å²) >= 11 is 0. The molecule has 0 bridgehead atoms. The van der Waals surface area contributed by atoms with Gasteiger partial charge in [-0.15, -0.1) is 0 Å². The van der Waals surface area contributed by atoms with E-state index in [9.17, 15) is 9.90 Å². The second-order valence-corrected chi connectivity index (χ2v) is 5.19. The Labute approximate surface area is 108 Å². The van der Waals surface area contributed by atoms with Crippen molar-refractivity contribution in [1.29, 1.82) is 0 Å². The lowest BCUT2D eigenvalue weighted by molar-refractivity contribution is -0.109. The minimum Gasteiger partial charge on any atom is -0.395 e. The second kappa shape index (κ2) is 5.21. The quantitative estimate of drug-likeness (QED) is 0.814. The Morgan fingerprint density at radius 3 is 2.39 bits per heavy atom. The molecule has 1 atom stereocenters. The lowest BCUT2D eigenvalue weighted by Crippen LogP contribution is -2.51. The highest BCUT2D eigenvalue weighted by Gasteiger charge is 2.45. The molecule has 0 spiro atoms. The first-order valence-corrected chi connectivity index (χ1v) is 6.46. The molecule has 1 fully saturated rings. The standard InChI is InChI=1S/C15H20O3/c1-3-11(2)12-4-6-13(7-5-12)14(17)15(8-16)9-18-10-15/h4-7,11,16H,3,8-10H2,1-2H3. The van der Waals surface area contributed by atoms with Crippen molar-refractivity contribution in [2.24, 2.45) is 5.41 Å². The smallest absolute Gasteiger partial charge is 0.175 e. The summed E-state index contributed by atoms with van der Waals surface area (Å²) in [6.45, 7) is 4.84. The lowest BCUT2D eigenvalue weighted by Gasteiger charge is -2.38. The Bertz CT molecular complexity index is 412. The number of carbonyl (C=O) groups excluding carboxylic acids is 1. The van der Waals surface area contributed by atoms with Crippen LogP contribution in [-0.2, 0) is 4.74 Å². The van der Waals surface area contributed by atoms with Crippen LogP contribution >= 0.6 is 0 Å². The number of aliphatic hydroxyl groups is 1. The van der Waals surface area contributed by atoms with Crippen molar-refractivity contribution in [3.05, 3.63) is 35.4 Å². The van der Waals surface area contributed by atoms with Gasteiger partial charge in [-0.1, -0.05) is 38.1 Å². The van der Waals surface area contributed by atoms with Crippen molar-refractivity contribution in [2.75, 3.05) is 19.8 Å². The first-order valence-electron chi connectivity index (χ1n) is 6.46. The van der Waals surface area contributed by atoms with E-state index in [1.54, 1.807) is 0 Å². The monoisotopic (exact) mass is 248 g/mol. The largest absolute Gasteiger partial charge is 0.395 e. The van der Waals surface area contributed by atoms with Crippen LogP contribution in [0.2, 0.25) is 0 Å². The van der Waals surface area contributed by atoms with Crippen molar-refractivity contribution >= 4 is 5.78 Å². The molecule has 3 nitrogen and oxygen atoms in total. The molecule has 1 aromatic carbocycles. The van der Waals surface area contributed by atoms with Crippen LogP contribution in [0.3, 0.4) is 0 Å². The Morgan fingerprint density at radius 1 is 1.39 bits per heavy atom. The first-order chi connectivity index (χ1) is 8.63. The number of ether oxygens (including phenoxy) is 1. The zero-order chi connectivity index (χ0) is 13.2. The van der Waals surface area contributed by atoms with E-state index in [2.05, 4.69) is 13.8 Å². The molecule has 0 radical (unpaired) electrons. The van der Waals surface area contributed by atoms with Gasteiger partial charge in [0.25, 0.3) is 0 Å². The minimum atomic E-state index is -0.697. The predicted octanol–water partition coefficient (Wildman–Crippen LogP) is 2.39. The van der Waals surface area contributed by atoms with Crippen LogP contribution in [0.4, 0.5) is 0 Å². The van der Waals surface area contributed by atoms with E-state index in [1.807, 2.05) is 24.3 Å². The third kappa shape index (κ3) is 2.20. The molecule has 1 aromatic rings. The summed E-state index contributed by atoms with van der Waals surface area (Å²) in [7, 11) is 0. The maximum Gasteiger partial charge on any atom is 0.175 e. The molecule has 2 rings (SSSR count). The number of ketones is 1. The molecule has 0 aromatic heterocycles. The number of hydrogen-bond donors (Lipinski definition) is 1. The maximum atomic E-state index is 12.3. The Hall–Kier alpha value is -1.19. The van der Waals surface area contributed by atoms with E-state index >= 15 is 0 Å². The SMILES string of the molecule is CCC(C)c1ccc(C(=O)C2(CO)COC2)cc1. The summed E-state index contributed by atoms with van der Waals surface area (Å²) in [6.07, 6.45) is 1.09. The second-order valence-electron chi connectivity index (χ2n) is 5.19. The summed E-state index contributed by atoms with van der Waals surface area (Å²) in [4.78, 5) is 12.3. The molecule has 0 aliphatic carbocycles. The van der Waals surface area contributed by atoms with Crippen molar-refractivity contribution in [3.8, 4) is 0 Å². The topological polar surface area (TPSA) is 46.5 Å². The average Bonchev–Trinajstić information content (AvgIpc) is 2.37. The van der Waals surface area contributed by atoms with Crippen LogP contribution < -0.4 is 0 Å². The lowest BCUT2D eigenvalue weighted by atomic mass is 9.79. The van der Waals surface area contributed by atoms with Crippen molar-refractivity contribution in [2.45, 2.75) is 26.2 Å². The molecule has 1 aliphatic rings. The third-order valence-corrected chi connectivity index (χ3v) is 3.90. The van der Waals surface area contributed by atoms with Crippen LogP contribution in [0, 0.1) is 5.41 Å². The van der Waals surface area contributed by atoms with E-state index < -0.39 is 5.41 Å². The maximum absolute atomic E-state index is 12.3. The molecule has 1 saturated heterocycles. The highest BCUT2D eigenvalue weighted by Crippen LogP contribution is 2.31. The normalized spacial score (nSPS) is 19.1. The van der Waals surface area contributed by atoms with Crippen LogP contribution in [0.15, 0.2) is 24.3 Å². The average molecular weight is 248 g/mol. The Balaban J connectivity index is 2.17. The fourth-order valence-corrected chi connectivity index (χ4v) is 2.15. The Morgan fingerprint density at radius 2 is 2.00 bits per heavy atom. The van der Waals surface area contributed by atoms with Crippen molar-refractivity contribution < 1.29 is 14.6 Å². The minimum absolute atomic E-state index is 0.00745. The number of hydrogen-bond acceptors (Lipinski definition) is 3. The molecular formula is C15H20O3. The summed E-state index contributed by atoms with van der Waals surface area (Å²) in [5, 5.41) is 9.35. The zero-order valence-corrected chi connectivity index (χ0v) is 11.0. The molecule has 1 N–H and O–H groups in total. The molecule has 1 heterocycles. The molecule has 0 saturated carbocycles. The molecule has 1 aliphatic heterocycles. The first kappa shape index (κ1) is 13.2. The van der Waals surface area contributed by atoms with Gasteiger partial charge in [0.1, 0.15) is 5.41 Å². The van der Waals surface area contributed by atoms with E-state index in [4.69, 9.17) is 4.74 Å². The van der Waals surface area contributed by atoms with E-state index in [0.29, 0.717) is 24.7 Å². The van der Waals surface area contributed by atoms with Gasteiger partial charge in [0.2, 0.25) is 0 Å². The summed E-state index contributed by atoms with van der Waals surface area (Å²) in [6, 6.07) is 7.73. The van der Waals surface area contributed by atoms with Gasteiger partial charge in [0, 0.05) is 5.56 Å². The third-order valence-electron chi connectivity index (χ3n) is 3.90. The molecule has 1 unspecified atom stereocenters. The van der Waals surface area contributed by atoms with Gasteiger partial charge < -0.3 is 9.84 Å². The van der Waals surface area contributed by atoms with Gasteiger partial charge in [0.05, 0.1) is 19.8 Å². The molecule has 98 valence electrons. The predicted molar refractivity (Wildman–Crippen MR) is 69.8 cm³/mol. The van der Waals surface area contributed by atoms with E-state index in [0.717, 1.165) is 6.42 Å². The van der Waals surface area contributed by atoms with Crippen molar-refractivity contribution in [1.82, 2.24) is 0 Å². The highest BCUT2D eigenvalue weighted by molar-refractivity contribution is 6.01. The number of aliphatic hydroxyl groups excluding tert-OH is 1. The van der Waals surface area contributed by atoms with Gasteiger partial charge >= 0.3 is 0 Å². The van der Waals surface area contributed by atoms with Gasteiger partial charge in [0.15, 0.2) is 5.78 Å². The zero-order valence-electron chi connectivity index (χ0n) is 11.0. The van der Waals surface area contributed by atoms with Crippen LogP contribution in [0.25, 0.3) is 0 Å². The van der Waals surface area contributed by atoms with Gasteiger partial charge in [-0.2, -0.15) is 0 Å². The van der Waals surface area contributed by atoms with Gasteiger partial charge in [-0.25, -0.2) is 0 Å². The van der Waals surface area contributed by atoms with Crippen LogP contribution in [-0.4, -0.2) is 30.7 Å². The van der Waals surface area contributed by atoms with E-state index in [1.165, 1.54) is 5.56 Å².